The van der Waals surface area contributed by atoms with Crippen LogP contribution in [0.2, 0.25) is 5.02 Å². The maximum atomic E-state index is 12.1. The summed E-state index contributed by atoms with van der Waals surface area (Å²) in [5, 5.41) is 0.619. The van der Waals surface area contributed by atoms with E-state index in [1.54, 1.807) is 19.2 Å². The Kier molecular flexibility index (Phi) is 6.02. The molecule has 3 nitrogen and oxygen atoms in total. The number of carbonyl (C=O) groups is 1. The monoisotopic (exact) mass is 295 g/mol. The molecule has 2 rings (SSSR count). The number of nitrogens with zero attached hydrogens (tertiary/aromatic N) is 1. The quantitative estimate of drug-likeness (QED) is 0.754. The van der Waals surface area contributed by atoms with Gasteiger partial charge in [-0.1, -0.05) is 23.7 Å². The second-order valence-corrected chi connectivity index (χ2v) is 5.88. The lowest BCUT2D eigenvalue weighted by atomic mass is 9.98. The first-order valence-electron chi connectivity index (χ1n) is 7.19. The number of benzene rings is 1. The molecule has 1 aromatic carbocycles. The molecule has 1 saturated heterocycles. The van der Waals surface area contributed by atoms with Gasteiger partial charge in [-0.2, -0.15) is 0 Å². The third kappa shape index (κ3) is 4.58. The predicted octanol–water partition coefficient (Wildman–Crippen LogP) is 3.27. The Balaban J connectivity index is 1.81. The summed E-state index contributed by atoms with van der Waals surface area (Å²) in [7, 11) is 1.75. The van der Waals surface area contributed by atoms with Gasteiger partial charge in [-0.25, -0.2) is 0 Å². The van der Waals surface area contributed by atoms with Gasteiger partial charge in [-0.3, -0.25) is 4.79 Å². The molecule has 0 aliphatic carbocycles. The summed E-state index contributed by atoms with van der Waals surface area (Å²) in [6, 6.07) is 7.19. The van der Waals surface area contributed by atoms with Crippen molar-refractivity contribution in [3.8, 4) is 0 Å². The van der Waals surface area contributed by atoms with Crippen molar-refractivity contribution in [1.82, 2.24) is 4.90 Å². The topological polar surface area (TPSA) is 29.5 Å². The average Bonchev–Trinajstić information content (AvgIpc) is 2.45. The molecule has 0 aromatic heterocycles. The number of hydrogen-bond donors (Lipinski definition) is 0. The molecule has 1 atom stereocenters. The first kappa shape index (κ1) is 15.5. The predicted molar refractivity (Wildman–Crippen MR) is 81.4 cm³/mol. The Morgan fingerprint density at radius 1 is 1.50 bits per heavy atom. The molecule has 1 aliphatic heterocycles. The van der Waals surface area contributed by atoms with Gasteiger partial charge in [0.1, 0.15) is 0 Å². The molecule has 0 N–H and O–H groups in total. The average molecular weight is 296 g/mol. The van der Waals surface area contributed by atoms with E-state index < -0.39 is 0 Å². The number of halogens is 1. The number of hydrogen-bond acceptors (Lipinski definition) is 3. The molecule has 0 spiro atoms. The van der Waals surface area contributed by atoms with E-state index >= 15 is 0 Å². The second kappa shape index (κ2) is 7.77. The summed E-state index contributed by atoms with van der Waals surface area (Å²) in [5.41, 5.74) is 0.711. The number of Topliss-reactive ketones (excluding diaryl/α,β-unsaturated/α-hetero) is 1. The van der Waals surface area contributed by atoms with Gasteiger partial charge in [-0.05, 0) is 37.4 Å². The highest BCUT2D eigenvalue weighted by Crippen LogP contribution is 2.18. The molecule has 1 aliphatic rings. The Bertz CT molecular complexity index is 448. The fourth-order valence-electron chi connectivity index (χ4n) is 2.79. The Labute approximate surface area is 125 Å². The zero-order valence-corrected chi connectivity index (χ0v) is 12.7. The number of piperidine rings is 1. The van der Waals surface area contributed by atoms with Crippen molar-refractivity contribution >= 4 is 17.4 Å². The van der Waals surface area contributed by atoms with Gasteiger partial charge in [0.25, 0.3) is 0 Å². The van der Waals surface area contributed by atoms with Crippen LogP contribution < -0.4 is 0 Å². The van der Waals surface area contributed by atoms with E-state index in [4.69, 9.17) is 16.3 Å². The van der Waals surface area contributed by atoms with Crippen LogP contribution in [-0.4, -0.2) is 44.0 Å². The van der Waals surface area contributed by atoms with Crippen molar-refractivity contribution in [3.05, 3.63) is 34.9 Å². The maximum Gasteiger partial charge on any atom is 0.164 e. The third-order valence-corrected chi connectivity index (χ3v) is 4.04. The lowest BCUT2D eigenvalue weighted by molar-refractivity contribution is 0.0831. The first-order valence-corrected chi connectivity index (χ1v) is 7.57. The van der Waals surface area contributed by atoms with Crippen LogP contribution in [0.4, 0.5) is 0 Å². The van der Waals surface area contributed by atoms with Crippen LogP contribution in [-0.2, 0) is 4.74 Å². The highest BCUT2D eigenvalue weighted by molar-refractivity contribution is 6.31. The standard InChI is InChI=1S/C16H22ClNO2/c1-20-12-13-4-3-8-18(11-13)9-7-16(19)14-5-2-6-15(17)10-14/h2,5-6,10,13H,3-4,7-9,11-12H2,1H3. The highest BCUT2D eigenvalue weighted by atomic mass is 35.5. The fourth-order valence-corrected chi connectivity index (χ4v) is 2.98. The van der Waals surface area contributed by atoms with Crippen molar-refractivity contribution < 1.29 is 9.53 Å². The molecule has 1 heterocycles. The third-order valence-electron chi connectivity index (χ3n) is 3.81. The van der Waals surface area contributed by atoms with Crippen LogP contribution in [0.5, 0.6) is 0 Å². The largest absolute Gasteiger partial charge is 0.384 e. The van der Waals surface area contributed by atoms with E-state index in [-0.39, 0.29) is 5.78 Å². The molecule has 1 aromatic rings. The molecular formula is C16H22ClNO2. The molecule has 110 valence electrons. The molecule has 1 fully saturated rings. The molecule has 1 unspecified atom stereocenters. The normalized spacial score (nSPS) is 20.0. The number of carbonyl (C=O) groups excluding carboxylic acids is 1. The van der Waals surface area contributed by atoms with Crippen molar-refractivity contribution in [3.63, 3.8) is 0 Å². The van der Waals surface area contributed by atoms with Crippen molar-refractivity contribution in [2.75, 3.05) is 33.4 Å². The van der Waals surface area contributed by atoms with Gasteiger partial charge in [0.15, 0.2) is 5.78 Å². The Hall–Kier alpha value is -0.900. The van der Waals surface area contributed by atoms with E-state index in [1.807, 2.05) is 12.1 Å². The number of methoxy groups -OCH3 is 1. The molecule has 4 heteroatoms. The fraction of sp³-hybridized carbons (Fsp3) is 0.562. The van der Waals surface area contributed by atoms with Crippen LogP contribution in [0.25, 0.3) is 0 Å². The number of rotatable bonds is 6. The highest BCUT2D eigenvalue weighted by Gasteiger charge is 2.20. The summed E-state index contributed by atoms with van der Waals surface area (Å²) in [4.78, 5) is 14.5. The molecule has 0 radical (unpaired) electrons. The van der Waals surface area contributed by atoms with Gasteiger partial charge < -0.3 is 9.64 Å². The summed E-state index contributed by atoms with van der Waals surface area (Å²) in [6.07, 6.45) is 2.98. The number of ether oxygens (including phenoxy) is 1. The minimum Gasteiger partial charge on any atom is -0.384 e. The Morgan fingerprint density at radius 2 is 2.35 bits per heavy atom. The van der Waals surface area contributed by atoms with Gasteiger partial charge >= 0.3 is 0 Å². The van der Waals surface area contributed by atoms with Crippen LogP contribution in [0, 0.1) is 5.92 Å². The SMILES string of the molecule is COCC1CCCN(CCC(=O)c2cccc(Cl)c2)C1. The molecule has 20 heavy (non-hydrogen) atoms. The lowest BCUT2D eigenvalue weighted by Crippen LogP contribution is -2.38. The van der Waals surface area contributed by atoms with Crippen molar-refractivity contribution in [2.24, 2.45) is 5.92 Å². The Morgan fingerprint density at radius 3 is 3.10 bits per heavy atom. The van der Waals surface area contributed by atoms with Crippen LogP contribution in [0.3, 0.4) is 0 Å². The van der Waals surface area contributed by atoms with Gasteiger partial charge in [0, 0.05) is 37.2 Å². The molecular weight excluding hydrogens is 274 g/mol. The first-order chi connectivity index (χ1) is 9.69. The van der Waals surface area contributed by atoms with Gasteiger partial charge in [0.2, 0.25) is 0 Å². The summed E-state index contributed by atoms with van der Waals surface area (Å²) in [6.45, 7) is 3.77. The van der Waals surface area contributed by atoms with E-state index in [2.05, 4.69) is 4.90 Å². The minimum absolute atomic E-state index is 0.168. The van der Waals surface area contributed by atoms with E-state index in [9.17, 15) is 4.79 Å². The van der Waals surface area contributed by atoms with E-state index in [0.717, 1.165) is 26.2 Å². The number of ketones is 1. The van der Waals surface area contributed by atoms with E-state index in [0.29, 0.717) is 22.9 Å². The van der Waals surface area contributed by atoms with Crippen molar-refractivity contribution in [2.45, 2.75) is 19.3 Å². The number of likely N-dealkylation sites (tertiary alicyclic amines) is 1. The maximum absolute atomic E-state index is 12.1. The molecule has 0 saturated carbocycles. The van der Waals surface area contributed by atoms with Crippen molar-refractivity contribution in [1.29, 1.82) is 0 Å². The molecule has 0 amide bonds. The van der Waals surface area contributed by atoms with Gasteiger partial charge in [0.05, 0.1) is 6.61 Å². The minimum atomic E-state index is 0.168. The summed E-state index contributed by atoms with van der Waals surface area (Å²) >= 11 is 5.92. The smallest absolute Gasteiger partial charge is 0.164 e. The summed E-state index contributed by atoms with van der Waals surface area (Å²) < 4.78 is 5.23. The zero-order valence-electron chi connectivity index (χ0n) is 12.0. The van der Waals surface area contributed by atoms with Crippen LogP contribution in [0.15, 0.2) is 24.3 Å². The zero-order chi connectivity index (χ0) is 14.4. The lowest BCUT2D eigenvalue weighted by Gasteiger charge is -2.32. The second-order valence-electron chi connectivity index (χ2n) is 5.45. The van der Waals surface area contributed by atoms with Crippen LogP contribution in [0.1, 0.15) is 29.6 Å². The van der Waals surface area contributed by atoms with E-state index in [1.165, 1.54) is 12.8 Å². The van der Waals surface area contributed by atoms with Gasteiger partial charge in [-0.15, -0.1) is 0 Å². The molecule has 0 bridgehead atoms. The van der Waals surface area contributed by atoms with Crippen LogP contribution >= 0.6 is 11.6 Å². The summed E-state index contributed by atoms with van der Waals surface area (Å²) in [5.74, 6) is 0.774.